The lowest BCUT2D eigenvalue weighted by Gasteiger charge is -2.72. The molecule has 38 heavy (non-hydrogen) atoms. The van der Waals surface area contributed by atoms with Gasteiger partial charge in [-0.3, -0.25) is 4.79 Å². The lowest BCUT2D eigenvalue weighted by atomic mass is 9.33. The Hall–Kier alpha value is -0.910. The fourth-order valence-electron chi connectivity index (χ4n) is 11.7. The molecule has 0 aromatic rings. The minimum absolute atomic E-state index is 0.00200. The molecule has 0 unspecified atom stereocenters. The highest BCUT2D eigenvalue weighted by molar-refractivity contribution is 5.78. The van der Waals surface area contributed by atoms with Crippen LogP contribution < -0.4 is 0 Å². The first kappa shape index (κ1) is 28.6. The van der Waals surface area contributed by atoms with Crippen molar-refractivity contribution in [2.75, 3.05) is 20.3 Å². The quantitative estimate of drug-likeness (QED) is 0.311. The van der Waals surface area contributed by atoms with Gasteiger partial charge >= 0.3 is 5.97 Å². The van der Waals surface area contributed by atoms with Crippen LogP contribution in [0.1, 0.15) is 106 Å². The minimum atomic E-state index is -0.515. The second kappa shape index (κ2) is 9.05. The highest BCUT2D eigenvalue weighted by atomic mass is 16.5. The van der Waals surface area contributed by atoms with Crippen molar-refractivity contribution in [2.45, 2.75) is 112 Å². The number of carbonyl (C=O) groups is 1. The van der Waals surface area contributed by atoms with E-state index < -0.39 is 16.9 Å². The summed E-state index contributed by atoms with van der Waals surface area (Å²) in [5.41, 5.74) is 0.899. The van der Waals surface area contributed by atoms with Crippen molar-refractivity contribution in [1.29, 1.82) is 0 Å². The molecule has 0 aliphatic heterocycles. The molecule has 0 aromatic heterocycles. The average molecular weight is 531 g/mol. The third-order valence-corrected chi connectivity index (χ3v) is 14.0. The predicted molar refractivity (Wildman–Crippen MR) is 149 cm³/mol. The Morgan fingerprint density at radius 3 is 2.29 bits per heavy atom. The number of hydrogen-bond acceptors (Lipinski definition) is 5. The van der Waals surface area contributed by atoms with Crippen LogP contribution in [-0.2, 0) is 9.53 Å². The van der Waals surface area contributed by atoms with Gasteiger partial charge in [-0.05, 0) is 115 Å². The first-order chi connectivity index (χ1) is 17.7. The summed E-state index contributed by atoms with van der Waals surface area (Å²) in [6.45, 7) is 14.4. The first-order valence-corrected chi connectivity index (χ1v) is 15.4. The SMILES string of the molecule is COC(=O)[C@]12CCC(C)(C)C[C@H]1C1=CC[C@H]3[C@@]4(C)C[C@@H](O)[C@@H](CCO)[C@@](C)(CO)[C@@H]4CC[C@@]3(C)[C@]1(C)CC2. The molecule has 0 bridgehead atoms. The van der Waals surface area contributed by atoms with E-state index in [9.17, 15) is 20.1 Å². The minimum Gasteiger partial charge on any atom is -0.469 e. The standard InChI is InChI=1S/C33H54O5/c1-28(2)13-15-33(27(37)38-7)16-14-31(5)21(23(33)18-28)8-9-26-29(3)19-24(36)22(11-17-34)30(4,20-35)25(29)10-12-32(26,31)6/h8,22-26,34-36H,9-20H2,1-7H3/t22-,23+,24-,25-,26+,29+,30-,31-,32-,33+/m1/s1. The van der Waals surface area contributed by atoms with Gasteiger partial charge in [0, 0.05) is 13.2 Å². The number of aliphatic hydroxyl groups is 3. The Kier molecular flexibility index (Phi) is 6.81. The average Bonchev–Trinajstić information content (AvgIpc) is 2.86. The number of hydrogen-bond donors (Lipinski definition) is 3. The molecule has 5 aliphatic carbocycles. The van der Waals surface area contributed by atoms with Crippen LogP contribution in [0.2, 0.25) is 0 Å². The summed E-state index contributed by atoms with van der Waals surface area (Å²) in [6.07, 6.45) is 11.3. The number of ether oxygens (including phenoxy) is 1. The monoisotopic (exact) mass is 530 g/mol. The van der Waals surface area contributed by atoms with Crippen LogP contribution in [0.4, 0.5) is 0 Å². The molecule has 0 amide bonds. The van der Waals surface area contributed by atoms with Crippen LogP contribution in [0.25, 0.3) is 0 Å². The molecule has 5 aliphatic rings. The first-order valence-electron chi connectivity index (χ1n) is 15.4. The van der Waals surface area contributed by atoms with E-state index >= 15 is 0 Å². The number of methoxy groups -OCH3 is 1. The van der Waals surface area contributed by atoms with Gasteiger partial charge in [0.25, 0.3) is 0 Å². The van der Waals surface area contributed by atoms with Crippen molar-refractivity contribution in [1.82, 2.24) is 0 Å². The fourth-order valence-corrected chi connectivity index (χ4v) is 11.7. The summed E-state index contributed by atoms with van der Waals surface area (Å²) in [4.78, 5) is 13.4. The van der Waals surface area contributed by atoms with E-state index in [1.165, 1.54) is 5.57 Å². The van der Waals surface area contributed by atoms with E-state index in [-0.39, 0.29) is 52.7 Å². The fraction of sp³-hybridized carbons (Fsp3) is 0.909. The molecule has 0 aromatic carbocycles. The topological polar surface area (TPSA) is 87.0 Å². The van der Waals surface area contributed by atoms with Crippen LogP contribution in [0.3, 0.4) is 0 Å². The van der Waals surface area contributed by atoms with Crippen LogP contribution >= 0.6 is 0 Å². The number of fused-ring (bicyclic) bond motifs is 7. The molecule has 0 saturated heterocycles. The third-order valence-electron chi connectivity index (χ3n) is 14.0. The van der Waals surface area contributed by atoms with E-state index in [0.717, 1.165) is 57.8 Å². The van der Waals surface area contributed by atoms with Gasteiger partial charge < -0.3 is 20.1 Å². The van der Waals surface area contributed by atoms with Crippen LogP contribution in [0.5, 0.6) is 0 Å². The summed E-state index contributed by atoms with van der Waals surface area (Å²) in [5, 5.41) is 32.0. The van der Waals surface area contributed by atoms with E-state index in [4.69, 9.17) is 4.74 Å². The van der Waals surface area contributed by atoms with Gasteiger partial charge in [-0.15, -0.1) is 0 Å². The molecule has 0 radical (unpaired) electrons. The number of aliphatic hydroxyl groups excluding tert-OH is 3. The lowest BCUT2D eigenvalue weighted by molar-refractivity contribution is -0.230. The van der Waals surface area contributed by atoms with Gasteiger partial charge in [0.05, 0.1) is 18.6 Å². The van der Waals surface area contributed by atoms with Gasteiger partial charge in [0.15, 0.2) is 0 Å². The maximum Gasteiger partial charge on any atom is 0.312 e. The van der Waals surface area contributed by atoms with Gasteiger partial charge in [0.1, 0.15) is 0 Å². The molecule has 5 rings (SSSR count). The second-order valence-corrected chi connectivity index (χ2v) is 15.9. The molecule has 10 atom stereocenters. The third kappa shape index (κ3) is 3.56. The van der Waals surface area contributed by atoms with Gasteiger partial charge in [-0.2, -0.15) is 0 Å². The second-order valence-electron chi connectivity index (χ2n) is 15.9. The highest BCUT2D eigenvalue weighted by Crippen LogP contribution is 2.76. The molecule has 5 nitrogen and oxygen atoms in total. The normalized spacial score (nSPS) is 51.5. The zero-order valence-electron chi connectivity index (χ0n) is 25.1. The maximum atomic E-state index is 13.4. The van der Waals surface area contributed by atoms with Crippen molar-refractivity contribution in [3.63, 3.8) is 0 Å². The molecular weight excluding hydrogens is 476 g/mol. The number of allylic oxidation sites excluding steroid dienone is 2. The summed E-state index contributed by atoms with van der Waals surface area (Å²) in [5.74, 6) is 0.857. The Morgan fingerprint density at radius 2 is 1.66 bits per heavy atom. The van der Waals surface area contributed by atoms with Crippen LogP contribution in [0, 0.1) is 56.2 Å². The number of carbonyl (C=O) groups excluding carboxylic acids is 1. The summed E-state index contributed by atoms with van der Waals surface area (Å²) < 4.78 is 5.49. The maximum absolute atomic E-state index is 13.4. The molecule has 4 saturated carbocycles. The van der Waals surface area contributed by atoms with Crippen LogP contribution in [0.15, 0.2) is 11.6 Å². The molecule has 3 N–H and O–H groups in total. The Balaban J connectivity index is 1.59. The summed E-state index contributed by atoms with van der Waals surface area (Å²) in [6, 6.07) is 0. The molecule has 5 heteroatoms. The Morgan fingerprint density at radius 1 is 0.974 bits per heavy atom. The van der Waals surface area contributed by atoms with Gasteiger partial charge in [0.2, 0.25) is 0 Å². The molecule has 4 fully saturated rings. The van der Waals surface area contributed by atoms with E-state index in [0.29, 0.717) is 18.3 Å². The van der Waals surface area contributed by atoms with Crippen LogP contribution in [-0.4, -0.2) is 47.7 Å². The molecule has 0 heterocycles. The number of esters is 1. The van der Waals surface area contributed by atoms with Gasteiger partial charge in [-0.1, -0.05) is 53.2 Å². The van der Waals surface area contributed by atoms with E-state index in [2.05, 4.69) is 47.6 Å². The largest absolute Gasteiger partial charge is 0.469 e. The summed E-state index contributed by atoms with van der Waals surface area (Å²) in [7, 11) is 1.56. The smallest absolute Gasteiger partial charge is 0.312 e. The zero-order chi connectivity index (χ0) is 27.9. The van der Waals surface area contributed by atoms with Crippen molar-refractivity contribution < 1.29 is 24.9 Å². The van der Waals surface area contributed by atoms with Crippen molar-refractivity contribution in [3.8, 4) is 0 Å². The molecular formula is C33H54O5. The highest BCUT2D eigenvalue weighted by Gasteiger charge is 2.70. The molecule has 216 valence electrons. The molecule has 0 spiro atoms. The van der Waals surface area contributed by atoms with Crippen molar-refractivity contribution >= 4 is 5.97 Å². The van der Waals surface area contributed by atoms with E-state index in [1.807, 2.05) is 0 Å². The Labute approximate surface area is 230 Å². The zero-order valence-corrected chi connectivity index (χ0v) is 25.1. The van der Waals surface area contributed by atoms with Crippen molar-refractivity contribution in [3.05, 3.63) is 11.6 Å². The lowest BCUT2D eigenvalue weighted by Crippen LogP contribution is -2.67. The van der Waals surface area contributed by atoms with E-state index in [1.54, 1.807) is 7.11 Å². The number of rotatable bonds is 4. The predicted octanol–water partition coefficient (Wildman–Crippen LogP) is 5.90. The van der Waals surface area contributed by atoms with Gasteiger partial charge in [-0.25, -0.2) is 0 Å². The Bertz CT molecular complexity index is 988. The summed E-state index contributed by atoms with van der Waals surface area (Å²) >= 11 is 0. The van der Waals surface area contributed by atoms with Crippen molar-refractivity contribution in [2.24, 2.45) is 56.2 Å².